The minimum Gasteiger partial charge on any atom is -0.389 e. The fourth-order valence-electron chi connectivity index (χ4n) is 7.71. The lowest BCUT2D eigenvalue weighted by atomic mass is 9.43. The van der Waals surface area contributed by atoms with Crippen LogP contribution in [0.5, 0.6) is 0 Å². The van der Waals surface area contributed by atoms with E-state index in [1.54, 1.807) is 6.92 Å². The zero-order valence-corrected chi connectivity index (χ0v) is 15.4. The molecule has 0 heterocycles. The quantitative estimate of drug-likeness (QED) is 0.792. The van der Waals surface area contributed by atoms with Crippen molar-refractivity contribution >= 4 is 11.6 Å². The van der Waals surface area contributed by atoms with Crippen LogP contribution in [-0.2, 0) is 9.59 Å². The zero-order chi connectivity index (χ0) is 17.3. The lowest BCUT2D eigenvalue weighted by molar-refractivity contribution is -0.203. The molecular formula is C21H32O3. The fourth-order valence-corrected chi connectivity index (χ4v) is 7.71. The highest BCUT2D eigenvalue weighted by Gasteiger charge is 2.64. The van der Waals surface area contributed by atoms with E-state index in [4.69, 9.17) is 0 Å². The predicted octanol–water partition coefficient (Wildman–Crippen LogP) is 3.92. The number of aliphatic hydroxyl groups is 1. The Labute approximate surface area is 145 Å². The first-order chi connectivity index (χ1) is 11.2. The van der Waals surface area contributed by atoms with Gasteiger partial charge in [-0.15, -0.1) is 0 Å². The average molecular weight is 332 g/mol. The van der Waals surface area contributed by atoms with Crippen LogP contribution >= 0.6 is 0 Å². The largest absolute Gasteiger partial charge is 0.389 e. The van der Waals surface area contributed by atoms with Gasteiger partial charge in [0.25, 0.3) is 0 Å². The van der Waals surface area contributed by atoms with E-state index in [1.807, 2.05) is 0 Å². The van der Waals surface area contributed by atoms with Crippen LogP contribution in [0.4, 0.5) is 0 Å². The molecule has 24 heavy (non-hydrogen) atoms. The molecule has 0 radical (unpaired) electrons. The number of fused-ring (bicyclic) bond motifs is 5. The summed E-state index contributed by atoms with van der Waals surface area (Å²) in [5, 5.41) is 11.3. The molecule has 7 atom stereocenters. The van der Waals surface area contributed by atoms with Crippen LogP contribution < -0.4 is 0 Å². The van der Waals surface area contributed by atoms with Gasteiger partial charge in [-0.25, -0.2) is 0 Å². The number of carbonyl (C=O) groups excluding carboxylic acids is 2. The van der Waals surface area contributed by atoms with Crippen LogP contribution in [-0.4, -0.2) is 22.3 Å². The van der Waals surface area contributed by atoms with Crippen molar-refractivity contribution in [1.29, 1.82) is 0 Å². The van der Waals surface area contributed by atoms with E-state index in [0.717, 1.165) is 38.5 Å². The maximum absolute atomic E-state index is 12.2. The van der Waals surface area contributed by atoms with Crippen LogP contribution in [0.1, 0.15) is 78.6 Å². The third-order valence-electron chi connectivity index (χ3n) is 9.11. The summed E-state index contributed by atoms with van der Waals surface area (Å²) in [5.41, 5.74) is -0.724. The normalized spacial score (nSPS) is 53.9. The van der Waals surface area contributed by atoms with E-state index in [0.29, 0.717) is 36.4 Å². The lowest BCUT2D eigenvalue weighted by Gasteiger charge is -2.63. The van der Waals surface area contributed by atoms with Gasteiger partial charge in [0.15, 0.2) is 0 Å². The van der Waals surface area contributed by atoms with E-state index in [9.17, 15) is 14.7 Å². The van der Waals surface area contributed by atoms with Gasteiger partial charge in [-0.1, -0.05) is 13.8 Å². The molecule has 4 aliphatic rings. The van der Waals surface area contributed by atoms with Crippen molar-refractivity contribution in [2.45, 2.75) is 84.2 Å². The molecule has 3 heteroatoms. The molecule has 1 N–H and O–H groups in total. The van der Waals surface area contributed by atoms with Crippen molar-refractivity contribution in [1.82, 2.24) is 0 Å². The second kappa shape index (κ2) is 5.16. The third-order valence-corrected chi connectivity index (χ3v) is 9.11. The molecular weight excluding hydrogens is 300 g/mol. The lowest BCUT2D eigenvalue weighted by Crippen LogP contribution is -2.62. The molecule has 0 bridgehead atoms. The Hall–Kier alpha value is -0.700. The maximum Gasteiger partial charge on any atom is 0.135 e. The first kappa shape index (κ1) is 16.8. The first-order valence-electron chi connectivity index (χ1n) is 9.96. The van der Waals surface area contributed by atoms with Crippen LogP contribution in [0.15, 0.2) is 0 Å². The Morgan fingerprint density at radius 1 is 1.04 bits per heavy atom. The molecule has 0 amide bonds. The Kier molecular flexibility index (Phi) is 3.60. The highest BCUT2D eigenvalue weighted by molar-refractivity contribution is 5.81. The second-order valence-electron chi connectivity index (χ2n) is 9.87. The minimum absolute atomic E-state index is 0.112. The SMILES string of the molecule is CC(=O)[C@H]1CC[C@H]2[C@@H]3CC[C@@]4(O)CC(=O)CC[C@@]4(C)[C@H]3CC[C@]12C. The Morgan fingerprint density at radius 3 is 2.50 bits per heavy atom. The van der Waals surface area contributed by atoms with E-state index >= 15 is 0 Å². The number of hydrogen-bond acceptors (Lipinski definition) is 3. The number of ketones is 2. The van der Waals surface area contributed by atoms with Crippen LogP contribution in [0, 0.1) is 34.5 Å². The van der Waals surface area contributed by atoms with Gasteiger partial charge in [-0.2, -0.15) is 0 Å². The topological polar surface area (TPSA) is 54.4 Å². The Balaban J connectivity index is 1.66. The summed E-state index contributed by atoms with van der Waals surface area (Å²) >= 11 is 0. The number of Topliss-reactive ketones (excluding diaryl/α,β-unsaturated/α-hetero) is 2. The summed E-state index contributed by atoms with van der Waals surface area (Å²) in [6.45, 7) is 6.40. The van der Waals surface area contributed by atoms with E-state index in [2.05, 4.69) is 13.8 Å². The van der Waals surface area contributed by atoms with Crippen LogP contribution in [0.25, 0.3) is 0 Å². The fraction of sp³-hybridized carbons (Fsp3) is 0.905. The molecule has 4 aliphatic carbocycles. The highest BCUT2D eigenvalue weighted by atomic mass is 16.3. The molecule has 0 aromatic heterocycles. The summed E-state index contributed by atoms with van der Waals surface area (Å²) in [6, 6.07) is 0. The average Bonchev–Trinajstić information content (AvgIpc) is 2.86. The van der Waals surface area contributed by atoms with Gasteiger partial charge in [-0.3, -0.25) is 9.59 Å². The summed E-state index contributed by atoms with van der Waals surface area (Å²) in [7, 11) is 0. The molecule has 0 aromatic rings. The van der Waals surface area contributed by atoms with Crippen molar-refractivity contribution in [3.8, 4) is 0 Å². The van der Waals surface area contributed by atoms with Crippen molar-refractivity contribution in [2.75, 3.05) is 0 Å². The molecule has 134 valence electrons. The first-order valence-corrected chi connectivity index (χ1v) is 9.96. The van der Waals surface area contributed by atoms with Gasteiger partial charge in [0, 0.05) is 24.2 Å². The Bertz CT molecular complexity index is 584. The molecule has 4 saturated carbocycles. The molecule has 0 aliphatic heterocycles. The summed E-state index contributed by atoms with van der Waals surface area (Å²) < 4.78 is 0. The Morgan fingerprint density at radius 2 is 1.79 bits per heavy atom. The molecule has 3 nitrogen and oxygen atoms in total. The number of hydrogen-bond donors (Lipinski definition) is 1. The maximum atomic E-state index is 12.2. The molecule has 0 unspecified atom stereocenters. The summed E-state index contributed by atoms with van der Waals surface area (Å²) in [4.78, 5) is 24.1. The van der Waals surface area contributed by atoms with Crippen LogP contribution in [0.2, 0.25) is 0 Å². The summed E-state index contributed by atoms with van der Waals surface area (Å²) in [6.07, 6.45) is 8.13. The minimum atomic E-state index is -0.782. The number of rotatable bonds is 1. The molecule has 4 rings (SSSR count). The predicted molar refractivity (Wildman–Crippen MR) is 92.4 cm³/mol. The van der Waals surface area contributed by atoms with E-state index < -0.39 is 5.60 Å². The second-order valence-corrected chi connectivity index (χ2v) is 9.87. The van der Waals surface area contributed by atoms with Crippen molar-refractivity contribution in [2.24, 2.45) is 34.5 Å². The smallest absolute Gasteiger partial charge is 0.135 e. The van der Waals surface area contributed by atoms with Gasteiger partial charge in [0.1, 0.15) is 11.6 Å². The van der Waals surface area contributed by atoms with Crippen molar-refractivity contribution < 1.29 is 14.7 Å². The third kappa shape index (κ3) is 2.00. The standard InChI is InChI=1S/C21H32O3/c1-13(22)16-4-5-17-15-7-11-21(24)12-14(23)6-10-20(21,3)18(15)8-9-19(16,17)2/h15-18,24H,4-12H2,1-3H3/t15-,16+,17-,18-,19+,20-,21+/m0/s1. The van der Waals surface area contributed by atoms with E-state index in [-0.39, 0.29) is 22.5 Å². The van der Waals surface area contributed by atoms with Crippen LogP contribution in [0.3, 0.4) is 0 Å². The molecule has 0 spiro atoms. The summed E-state index contributed by atoms with van der Waals surface area (Å²) in [5.74, 6) is 2.64. The van der Waals surface area contributed by atoms with Gasteiger partial charge in [0.05, 0.1) is 5.60 Å². The number of carbonyl (C=O) groups is 2. The van der Waals surface area contributed by atoms with Gasteiger partial charge >= 0.3 is 0 Å². The highest BCUT2D eigenvalue weighted by Crippen LogP contribution is 2.68. The van der Waals surface area contributed by atoms with Gasteiger partial charge < -0.3 is 5.11 Å². The monoisotopic (exact) mass is 332 g/mol. The van der Waals surface area contributed by atoms with E-state index in [1.165, 1.54) is 6.42 Å². The van der Waals surface area contributed by atoms with Crippen molar-refractivity contribution in [3.05, 3.63) is 0 Å². The van der Waals surface area contributed by atoms with Crippen molar-refractivity contribution in [3.63, 3.8) is 0 Å². The molecule has 4 fully saturated rings. The molecule has 0 aromatic carbocycles. The van der Waals surface area contributed by atoms with Gasteiger partial charge in [-0.05, 0) is 75.0 Å². The van der Waals surface area contributed by atoms with Gasteiger partial charge in [0.2, 0.25) is 0 Å². The molecule has 0 saturated heterocycles. The zero-order valence-electron chi connectivity index (χ0n) is 15.4.